The molecule has 2 unspecified atom stereocenters. The summed E-state index contributed by atoms with van der Waals surface area (Å²) in [4.78, 5) is 23.5. The van der Waals surface area contributed by atoms with E-state index in [4.69, 9.17) is 5.11 Å². The number of aliphatic hydroxyl groups is 2. The Morgan fingerprint density at radius 2 is 2.00 bits per heavy atom. The number of hydrogen-bond donors (Lipinski definition) is 4. The molecule has 1 aliphatic heterocycles. The van der Waals surface area contributed by atoms with Crippen molar-refractivity contribution < 1.29 is 24.9 Å². The van der Waals surface area contributed by atoms with Crippen LogP contribution in [0, 0.1) is 11.8 Å². The number of carboxylic acids is 1. The van der Waals surface area contributed by atoms with E-state index < -0.39 is 23.5 Å². The van der Waals surface area contributed by atoms with E-state index in [1.165, 1.54) is 0 Å². The maximum Gasteiger partial charge on any atom is 0.332 e. The van der Waals surface area contributed by atoms with E-state index in [0.29, 0.717) is 0 Å². The van der Waals surface area contributed by atoms with Gasteiger partial charge in [-0.25, -0.2) is 4.79 Å². The highest BCUT2D eigenvalue weighted by Crippen LogP contribution is 2.38. The minimum absolute atomic E-state index is 0.0550. The molecule has 1 amide bonds. The molecule has 0 spiro atoms. The predicted molar refractivity (Wildman–Crippen MR) is 70.9 cm³/mol. The number of aliphatic hydroxyl groups excluding tert-OH is 2. The van der Waals surface area contributed by atoms with Gasteiger partial charge >= 0.3 is 5.97 Å². The van der Waals surface area contributed by atoms with Crippen molar-refractivity contribution in [3.63, 3.8) is 0 Å². The quantitative estimate of drug-likeness (QED) is 0.580. The Kier molecular flexibility index (Phi) is 4.65. The van der Waals surface area contributed by atoms with Crippen molar-refractivity contribution in [3.8, 4) is 0 Å². The van der Waals surface area contributed by atoms with E-state index in [0.717, 1.165) is 32.1 Å². The van der Waals surface area contributed by atoms with E-state index in [-0.39, 0.29) is 31.3 Å². The van der Waals surface area contributed by atoms with Crippen LogP contribution in [0.1, 0.15) is 44.9 Å². The van der Waals surface area contributed by atoms with Crippen molar-refractivity contribution in [2.45, 2.75) is 56.6 Å². The van der Waals surface area contributed by atoms with Gasteiger partial charge in [0.05, 0.1) is 6.10 Å². The molecule has 2 fully saturated rings. The predicted octanol–water partition coefficient (Wildman–Crippen LogP) is 0.269. The van der Waals surface area contributed by atoms with Gasteiger partial charge in [-0.3, -0.25) is 4.79 Å². The number of nitrogens with one attached hydrogen (secondary N) is 1. The molecule has 4 N–H and O–H groups in total. The molecule has 20 heavy (non-hydrogen) atoms. The second-order valence-corrected chi connectivity index (χ2v) is 6.02. The monoisotopic (exact) mass is 285 g/mol. The summed E-state index contributed by atoms with van der Waals surface area (Å²) in [6.45, 7) is -0.159. The average molecular weight is 285 g/mol. The van der Waals surface area contributed by atoms with Crippen LogP contribution in [-0.2, 0) is 9.59 Å². The summed E-state index contributed by atoms with van der Waals surface area (Å²) in [6.07, 6.45) is 3.93. The largest absolute Gasteiger partial charge is 0.479 e. The zero-order chi connectivity index (χ0) is 14.8. The normalized spacial score (nSPS) is 32.9. The molecule has 2 rings (SSSR count). The molecule has 0 aromatic carbocycles. The van der Waals surface area contributed by atoms with Crippen LogP contribution in [0.4, 0.5) is 0 Å². The van der Waals surface area contributed by atoms with Crippen molar-refractivity contribution in [1.82, 2.24) is 5.32 Å². The minimum atomic E-state index is -1.58. The zero-order valence-corrected chi connectivity index (χ0v) is 11.5. The SMILES string of the molecule is O=C1NC(C(=O)O)([C@@H](O)C2CCCCC2)CC1CCO. The van der Waals surface area contributed by atoms with Gasteiger partial charge in [0.1, 0.15) is 0 Å². The smallest absolute Gasteiger partial charge is 0.332 e. The van der Waals surface area contributed by atoms with Crippen LogP contribution in [0.2, 0.25) is 0 Å². The molecule has 6 heteroatoms. The Balaban J connectivity index is 2.17. The Hall–Kier alpha value is -1.14. The van der Waals surface area contributed by atoms with Crippen molar-refractivity contribution in [3.05, 3.63) is 0 Å². The van der Waals surface area contributed by atoms with Gasteiger partial charge in [0.25, 0.3) is 0 Å². The van der Waals surface area contributed by atoms with Crippen LogP contribution >= 0.6 is 0 Å². The van der Waals surface area contributed by atoms with E-state index in [1.807, 2.05) is 0 Å². The lowest BCUT2D eigenvalue weighted by Crippen LogP contribution is -2.60. The lowest BCUT2D eigenvalue weighted by molar-refractivity contribution is -0.153. The van der Waals surface area contributed by atoms with Gasteiger partial charge in [-0.2, -0.15) is 0 Å². The highest BCUT2D eigenvalue weighted by Gasteiger charge is 2.56. The highest BCUT2D eigenvalue weighted by molar-refractivity contribution is 5.92. The van der Waals surface area contributed by atoms with E-state index in [9.17, 15) is 19.8 Å². The van der Waals surface area contributed by atoms with E-state index in [2.05, 4.69) is 5.32 Å². The first kappa shape index (κ1) is 15.3. The third-order valence-corrected chi connectivity index (χ3v) is 4.75. The first-order valence-electron chi connectivity index (χ1n) is 7.35. The second kappa shape index (κ2) is 6.10. The first-order chi connectivity index (χ1) is 9.51. The van der Waals surface area contributed by atoms with Crippen LogP contribution < -0.4 is 5.32 Å². The molecular weight excluding hydrogens is 262 g/mol. The van der Waals surface area contributed by atoms with Gasteiger partial charge in [0, 0.05) is 12.5 Å². The van der Waals surface area contributed by atoms with Crippen LogP contribution in [-0.4, -0.2) is 45.4 Å². The Labute approximate surface area is 118 Å². The first-order valence-corrected chi connectivity index (χ1v) is 7.35. The fourth-order valence-corrected chi connectivity index (χ4v) is 3.56. The summed E-state index contributed by atoms with van der Waals surface area (Å²) in [7, 11) is 0. The van der Waals surface area contributed by atoms with Crippen molar-refractivity contribution >= 4 is 11.9 Å². The number of carbonyl (C=O) groups excluding carboxylic acids is 1. The number of amides is 1. The van der Waals surface area contributed by atoms with Gasteiger partial charge in [0.15, 0.2) is 5.54 Å². The second-order valence-electron chi connectivity index (χ2n) is 6.02. The van der Waals surface area contributed by atoms with Crippen molar-refractivity contribution in [1.29, 1.82) is 0 Å². The molecule has 114 valence electrons. The van der Waals surface area contributed by atoms with Crippen molar-refractivity contribution in [2.24, 2.45) is 11.8 Å². The maximum atomic E-state index is 11.9. The lowest BCUT2D eigenvalue weighted by Gasteiger charge is -2.37. The number of rotatable bonds is 5. The summed E-state index contributed by atoms with van der Waals surface area (Å²) in [5.74, 6) is -2.16. The van der Waals surface area contributed by atoms with Gasteiger partial charge < -0.3 is 20.6 Å². The van der Waals surface area contributed by atoms with E-state index >= 15 is 0 Å². The summed E-state index contributed by atoms with van der Waals surface area (Å²) in [5.41, 5.74) is -1.58. The van der Waals surface area contributed by atoms with Crippen LogP contribution in [0.15, 0.2) is 0 Å². The zero-order valence-electron chi connectivity index (χ0n) is 11.5. The number of carboxylic acid groups (broad SMARTS) is 1. The standard InChI is InChI=1S/C14H23NO5/c16-7-6-10-8-14(13(19)20,15-12(10)18)11(17)9-4-2-1-3-5-9/h9-11,16-17H,1-8H2,(H,15,18)(H,19,20)/t10?,11-,14?/m0/s1. The minimum Gasteiger partial charge on any atom is -0.479 e. The van der Waals surface area contributed by atoms with Crippen LogP contribution in [0.5, 0.6) is 0 Å². The van der Waals surface area contributed by atoms with Gasteiger partial charge in [-0.05, 0) is 31.6 Å². The van der Waals surface area contributed by atoms with Crippen LogP contribution in [0.25, 0.3) is 0 Å². The molecule has 0 aromatic rings. The van der Waals surface area contributed by atoms with Crippen molar-refractivity contribution in [2.75, 3.05) is 6.61 Å². The number of carbonyl (C=O) groups is 2. The molecule has 3 atom stereocenters. The Bertz CT molecular complexity index is 380. The van der Waals surface area contributed by atoms with E-state index in [1.54, 1.807) is 0 Å². The van der Waals surface area contributed by atoms with Crippen LogP contribution in [0.3, 0.4) is 0 Å². The Morgan fingerprint density at radius 3 is 2.55 bits per heavy atom. The lowest BCUT2D eigenvalue weighted by atomic mass is 9.75. The molecular formula is C14H23NO5. The number of aliphatic carboxylic acids is 1. The maximum absolute atomic E-state index is 11.9. The summed E-state index contributed by atoms with van der Waals surface area (Å²) in [6, 6.07) is 0. The fraction of sp³-hybridized carbons (Fsp3) is 0.857. The molecule has 1 saturated heterocycles. The highest BCUT2D eigenvalue weighted by atomic mass is 16.4. The molecule has 1 heterocycles. The summed E-state index contributed by atoms with van der Waals surface area (Å²) in [5, 5.41) is 31.5. The average Bonchev–Trinajstić information content (AvgIpc) is 2.78. The summed E-state index contributed by atoms with van der Waals surface area (Å²) < 4.78 is 0. The molecule has 0 radical (unpaired) electrons. The number of hydrogen-bond acceptors (Lipinski definition) is 4. The topological polar surface area (TPSA) is 107 Å². The fourth-order valence-electron chi connectivity index (χ4n) is 3.56. The molecule has 6 nitrogen and oxygen atoms in total. The Morgan fingerprint density at radius 1 is 1.35 bits per heavy atom. The molecule has 0 aromatic heterocycles. The van der Waals surface area contributed by atoms with Gasteiger partial charge in [0.2, 0.25) is 5.91 Å². The third kappa shape index (κ3) is 2.67. The summed E-state index contributed by atoms with van der Waals surface area (Å²) >= 11 is 0. The molecule has 2 aliphatic rings. The van der Waals surface area contributed by atoms with Gasteiger partial charge in [-0.15, -0.1) is 0 Å². The molecule has 1 aliphatic carbocycles. The molecule has 0 bridgehead atoms. The third-order valence-electron chi connectivity index (χ3n) is 4.75. The van der Waals surface area contributed by atoms with Gasteiger partial charge in [-0.1, -0.05) is 19.3 Å². The molecule has 1 saturated carbocycles.